The molecule has 0 saturated carbocycles. The molecule has 10 heteroatoms. The molecular weight excluding hydrogens is 878 g/mol. The van der Waals surface area contributed by atoms with E-state index >= 15 is 0 Å². The summed E-state index contributed by atoms with van der Waals surface area (Å²) in [5, 5.41) is 9.49. The van der Waals surface area contributed by atoms with Crippen LogP contribution >= 0.6 is 63.7 Å². The van der Waals surface area contributed by atoms with Gasteiger partial charge in [0.25, 0.3) is 0 Å². The van der Waals surface area contributed by atoms with E-state index in [-0.39, 0.29) is 10.8 Å². The second-order valence-corrected chi connectivity index (χ2v) is 17.7. The van der Waals surface area contributed by atoms with Crippen LogP contribution in [0.2, 0.25) is 0 Å². The van der Waals surface area contributed by atoms with Crippen molar-refractivity contribution in [1.29, 1.82) is 0 Å². The molecule has 1 heterocycles. The molecule has 0 aliphatic carbocycles. The summed E-state index contributed by atoms with van der Waals surface area (Å²) in [6, 6.07) is 12.3. The van der Waals surface area contributed by atoms with Gasteiger partial charge in [-0.05, 0) is 123 Å². The van der Waals surface area contributed by atoms with E-state index in [2.05, 4.69) is 131 Å². The monoisotopic (exact) mass is 927 g/mol. The van der Waals surface area contributed by atoms with Crippen molar-refractivity contribution in [2.75, 3.05) is 20.3 Å². The molecule has 4 rings (SSSR count). The van der Waals surface area contributed by atoms with E-state index in [9.17, 15) is 0 Å². The van der Waals surface area contributed by atoms with E-state index in [4.69, 9.17) is 24.4 Å². The SMILES string of the molecule is CCCCCCOc1cc(Br)c(OCCCCCC)cc1Br.COc1c(-n2nc3c(Br)ccc(Br)c3n2)cc(C(C)(C)C)cc1C(C)(C)C. The highest BCUT2D eigenvalue weighted by Crippen LogP contribution is 2.41. The average Bonchev–Trinajstić information content (AvgIpc) is 3.50. The number of methoxy groups -OCH3 is 1. The molecule has 0 spiro atoms. The van der Waals surface area contributed by atoms with Gasteiger partial charge in [-0.25, -0.2) is 0 Å². The van der Waals surface area contributed by atoms with Gasteiger partial charge in [0, 0.05) is 14.5 Å². The number of nitrogens with zero attached hydrogens (tertiary/aromatic N) is 3. The number of ether oxygens (including phenoxy) is 3. The van der Waals surface area contributed by atoms with Crippen LogP contribution in [0.3, 0.4) is 0 Å². The van der Waals surface area contributed by atoms with E-state index in [0.717, 1.165) is 83.5 Å². The minimum Gasteiger partial charge on any atom is -0.494 e. The molecule has 0 atom stereocenters. The van der Waals surface area contributed by atoms with Crippen LogP contribution in [0.15, 0.2) is 54.3 Å². The molecule has 0 radical (unpaired) electrons. The second kappa shape index (κ2) is 19.3. The van der Waals surface area contributed by atoms with Gasteiger partial charge in [0.05, 0.1) is 29.3 Å². The molecule has 6 nitrogen and oxygen atoms in total. The van der Waals surface area contributed by atoms with Gasteiger partial charge in [-0.1, -0.05) is 100.0 Å². The minimum atomic E-state index is -0.0743. The first-order valence-corrected chi connectivity index (χ1v) is 20.5. The van der Waals surface area contributed by atoms with Crippen LogP contribution < -0.4 is 14.2 Å². The lowest BCUT2D eigenvalue weighted by Gasteiger charge is -2.28. The summed E-state index contributed by atoms with van der Waals surface area (Å²) in [7, 11) is 1.71. The maximum Gasteiger partial charge on any atom is 0.150 e. The van der Waals surface area contributed by atoms with Crippen LogP contribution in [0.4, 0.5) is 0 Å². The van der Waals surface area contributed by atoms with Gasteiger partial charge in [0.15, 0.2) is 0 Å². The summed E-state index contributed by atoms with van der Waals surface area (Å²) in [4.78, 5) is 1.68. The van der Waals surface area contributed by atoms with E-state index < -0.39 is 0 Å². The predicted octanol–water partition coefficient (Wildman–Crippen LogP) is 13.7. The van der Waals surface area contributed by atoms with Gasteiger partial charge in [0.1, 0.15) is 34.0 Å². The average molecular weight is 931 g/mol. The summed E-state index contributed by atoms with van der Waals surface area (Å²) in [6.07, 6.45) is 9.72. The Morgan fingerprint density at radius 2 is 1.08 bits per heavy atom. The lowest BCUT2D eigenvalue weighted by Crippen LogP contribution is -2.19. The molecular formula is C39H53Br4N3O3. The highest BCUT2D eigenvalue weighted by Gasteiger charge is 2.27. The van der Waals surface area contributed by atoms with Crippen molar-refractivity contribution in [3.05, 3.63) is 65.4 Å². The Kier molecular flexibility index (Phi) is 16.4. The summed E-state index contributed by atoms with van der Waals surface area (Å²) < 4.78 is 21.3. The molecule has 0 N–H and O–H groups in total. The summed E-state index contributed by atoms with van der Waals surface area (Å²) >= 11 is 14.3. The Balaban J connectivity index is 0.000000272. The fraction of sp³-hybridized carbons (Fsp3) is 0.538. The number of unbranched alkanes of at least 4 members (excludes halogenated alkanes) is 6. The van der Waals surface area contributed by atoms with Gasteiger partial charge >= 0.3 is 0 Å². The molecule has 3 aromatic carbocycles. The second-order valence-electron chi connectivity index (χ2n) is 14.3. The van der Waals surface area contributed by atoms with Crippen LogP contribution in [0.25, 0.3) is 16.7 Å². The van der Waals surface area contributed by atoms with E-state index in [1.165, 1.54) is 44.1 Å². The third-order valence-corrected chi connectivity index (χ3v) is 10.6. The number of hydrogen-bond donors (Lipinski definition) is 0. The van der Waals surface area contributed by atoms with Gasteiger partial charge in [-0.15, -0.1) is 15.0 Å². The maximum atomic E-state index is 5.86. The molecule has 1 aromatic heterocycles. The van der Waals surface area contributed by atoms with E-state index in [1.807, 2.05) is 24.3 Å². The van der Waals surface area contributed by atoms with Crippen molar-refractivity contribution in [1.82, 2.24) is 15.0 Å². The quantitative estimate of drug-likeness (QED) is 0.118. The standard InChI is InChI=1S/C21H25Br2N3O.C18H28Br2O2/c1-20(2,3)12-10-13(21(4,5)6)19(27-7)16(11-12)26-24-17-14(22)8-9-15(23)18(17)25-26;1-3-5-7-9-11-21-17-13-16(20)18(14-15(17)19)22-12-10-8-6-4-2/h8-11H,1-7H3;13-14H,3-12H2,1-2H3. The lowest BCUT2D eigenvalue weighted by atomic mass is 9.79. The Labute approximate surface area is 328 Å². The smallest absolute Gasteiger partial charge is 0.150 e. The Morgan fingerprint density at radius 1 is 0.612 bits per heavy atom. The molecule has 0 bridgehead atoms. The van der Waals surface area contributed by atoms with Gasteiger partial charge in [0.2, 0.25) is 0 Å². The number of fused-ring (bicyclic) bond motifs is 1. The molecule has 0 unspecified atom stereocenters. The topological polar surface area (TPSA) is 58.4 Å². The fourth-order valence-electron chi connectivity index (χ4n) is 5.16. The largest absolute Gasteiger partial charge is 0.494 e. The number of halogens is 4. The predicted molar refractivity (Wildman–Crippen MR) is 219 cm³/mol. The Hall–Kier alpha value is -1.62. The zero-order chi connectivity index (χ0) is 36.4. The molecule has 0 aliphatic rings. The first-order chi connectivity index (χ1) is 23.1. The summed E-state index contributed by atoms with van der Waals surface area (Å²) in [5.41, 5.74) is 4.76. The summed E-state index contributed by atoms with van der Waals surface area (Å²) in [5.74, 6) is 2.56. The van der Waals surface area contributed by atoms with Gasteiger partial charge < -0.3 is 14.2 Å². The molecule has 4 aromatic rings. The molecule has 270 valence electrons. The molecule has 0 amide bonds. The van der Waals surface area contributed by atoms with Crippen molar-refractivity contribution < 1.29 is 14.2 Å². The Morgan fingerprint density at radius 3 is 1.47 bits per heavy atom. The first kappa shape index (κ1) is 41.8. The van der Waals surface area contributed by atoms with Crippen LogP contribution in [0.5, 0.6) is 17.2 Å². The van der Waals surface area contributed by atoms with Crippen molar-refractivity contribution in [3.8, 4) is 22.9 Å². The van der Waals surface area contributed by atoms with Crippen molar-refractivity contribution in [2.24, 2.45) is 0 Å². The number of benzene rings is 3. The fourth-order valence-corrected chi connectivity index (χ4v) is 6.83. The van der Waals surface area contributed by atoms with Crippen molar-refractivity contribution in [3.63, 3.8) is 0 Å². The highest BCUT2D eigenvalue weighted by molar-refractivity contribution is 9.11. The van der Waals surface area contributed by atoms with Crippen molar-refractivity contribution >= 4 is 74.8 Å². The number of rotatable bonds is 14. The van der Waals surface area contributed by atoms with E-state index in [0.29, 0.717) is 0 Å². The maximum absolute atomic E-state index is 5.86. The third-order valence-electron chi connectivity index (χ3n) is 8.10. The molecule has 0 saturated heterocycles. The Bertz CT molecular complexity index is 1580. The lowest BCUT2D eigenvalue weighted by molar-refractivity contribution is 0.294. The minimum absolute atomic E-state index is 0.00519. The molecule has 49 heavy (non-hydrogen) atoms. The van der Waals surface area contributed by atoms with Crippen LogP contribution in [0.1, 0.15) is 118 Å². The van der Waals surface area contributed by atoms with Crippen LogP contribution in [0, 0.1) is 0 Å². The zero-order valence-electron chi connectivity index (χ0n) is 30.6. The molecule has 0 fully saturated rings. The highest BCUT2D eigenvalue weighted by atomic mass is 79.9. The van der Waals surface area contributed by atoms with Gasteiger partial charge in [-0.2, -0.15) is 0 Å². The first-order valence-electron chi connectivity index (χ1n) is 17.3. The molecule has 0 aliphatic heterocycles. The van der Waals surface area contributed by atoms with Gasteiger partial charge in [-0.3, -0.25) is 0 Å². The van der Waals surface area contributed by atoms with Crippen molar-refractivity contribution in [2.45, 2.75) is 118 Å². The number of aromatic nitrogens is 3. The van der Waals surface area contributed by atoms with E-state index in [1.54, 1.807) is 11.9 Å². The normalized spacial score (nSPS) is 11.8. The zero-order valence-corrected chi connectivity index (χ0v) is 37.0. The van der Waals surface area contributed by atoms with Crippen LogP contribution in [-0.4, -0.2) is 35.3 Å². The third kappa shape index (κ3) is 12.0. The number of hydrogen-bond acceptors (Lipinski definition) is 5. The summed E-state index contributed by atoms with van der Waals surface area (Å²) in [6.45, 7) is 19.2. The van der Waals surface area contributed by atoms with Crippen LogP contribution in [-0.2, 0) is 10.8 Å².